The maximum atomic E-state index is 9.63. The van der Waals surface area contributed by atoms with E-state index in [2.05, 4.69) is 149 Å². The van der Waals surface area contributed by atoms with Crippen LogP contribution in [0.4, 0.5) is 17.1 Å². The Morgan fingerprint density at radius 2 is 1.48 bits per heavy atom. The van der Waals surface area contributed by atoms with Gasteiger partial charge in [-0.05, 0) is 108 Å². The molecular weight excluding hydrogens is 695 g/mol. The topological polar surface area (TPSA) is 57.9 Å². The van der Waals surface area contributed by atoms with Crippen molar-refractivity contribution in [3.63, 3.8) is 0 Å². The third kappa shape index (κ3) is 7.47. The summed E-state index contributed by atoms with van der Waals surface area (Å²) in [5, 5.41) is 20.4. The van der Waals surface area contributed by atoms with Crippen LogP contribution in [0.15, 0.2) is 138 Å². The fraction of sp³-hybridized carbons (Fsp3) is 0.205. The van der Waals surface area contributed by atoms with Crippen molar-refractivity contribution in [2.24, 2.45) is 0 Å². The molecule has 258 valence electrons. The largest absolute Gasteiger partial charge is 0.344 e. The molecular formula is C44H40N5S3+. The van der Waals surface area contributed by atoms with Crippen molar-refractivity contribution in [3.8, 4) is 12.1 Å². The Morgan fingerprint density at radius 3 is 2.17 bits per heavy atom. The van der Waals surface area contributed by atoms with Crippen molar-refractivity contribution in [2.75, 3.05) is 27.9 Å². The maximum Gasteiger partial charge on any atom is 0.262 e. The number of nitriles is 2. The Hall–Kier alpha value is -4.99. The molecule has 1 aromatic heterocycles. The predicted molar refractivity (Wildman–Crippen MR) is 222 cm³/mol. The molecule has 0 bridgehead atoms. The Kier molecular flexibility index (Phi) is 11.3. The lowest BCUT2D eigenvalue weighted by molar-refractivity contribution is -0.668. The minimum atomic E-state index is 0.673. The number of anilines is 3. The zero-order valence-electron chi connectivity index (χ0n) is 28.9. The Balaban J connectivity index is 1.36. The molecule has 5 aromatic rings. The summed E-state index contributed by atoms with van der Waals surface area (Å²) in [4.78, 5) is 4.77. The number of thiazole rings is 1. The molecule has 0 saturated heterocycles. The molecule has 1 aliphatic carbocycles. The number of fused-ring (bicyclic) bond motifs is 2. The van der Waals surface area contributed by atoms with E-state index in [1.165, 1.54) is 32.8 Å². The molecule has 7 rings (SSSR count). The van der Waals surface area contributed by atoms with E-state index in [1.54, 1.807) is 11.3 Å². The van der Waals surface area contributed by atoms with Crippen molar-refractivity contribution in [1.82, 2.24) is 0 Å². The zero-order valence-corrected chi connectivity index (χ0v) is 31.6. The summed E-state index contributed by atoms with van der Waals surface area (Å²) in [7, 11) is 0. The van der Waals surface area contributed by atoms with Gasteiger partial charge in [0.2, 0.25) is 5.52 Å². The van der Waals surface area contributed by atoms with Crippen LogP contribution in [0.1, 0.15) is 47.4 Å². The van der Waals surface area contributed by atoms with Crippen LogP contribution < -0.4 is 14.4 Å². The summed E-state index contributed by atoms with van der Waals surface area (Å²) in [6.45, 7) is 1.69. The minimum Gasteiger partial charge on any atom is -0.344 e. The normalized spacial score (nSPS) is 15.6. The number of benzene rings is 4. The van der Waals surface area contributed by atoms with Crippen LogP contribution in [0.5, 0.6) is 0 Å². The third-order valence-corrected chi connectivity index (χ3v) is 11.4. The Morgan fingerprint density at radius 1 is 0.788 bits per heavy atom. The highest BCUT2D eigenvalue weighted by Crippen LogP contribution is 2.43. The highest BCUT2D eigenvalue weighted by atomic mass is 32.1. The maximum absolute atomic E-state index is 9.63. The van der Waals surface area contributed by atoms with Gasteiger partial charge < -0.3 is 9.80 Å². The first kappa shape index (κ1) is 35.4. The van der Waals surface area contributed by atoms with Gasteiger partial charge in [0.05, 0.1) is 29.0 Å². The van der Waals surface area contributed by atoms with Crippen LogP contribution in [0.3, 0.4) is 0 Å². The van der Waals surface area contributed by atoms with Crippen LogP contribution in [0.2, 0.25) is 0 Å². The first-order valence-electron chi connectivity index (χ1n) is 17.7. The standard InChI is InChI=1S/C44H39N5S3/c45-30-32-13-15-36-29-39(47(23-7-25-50)40(36)27-32)20-18-34-16-17-35(44(34)49(37-9-3-1-4-10-37)38-11-5-2-6-12-38)19-22-43-48(24-8-26-51)41-28-33(31-46)14-21-42(41)52-43/h1-6,9-15,18-22,27-28H,7-8,16-17,23-26,29H2,(H-,50,51)/p+1. The number of para-hydroxylation sites is 2. The van der Waals surface area contributed by atoms with Gasteiger partial charge in [-0.2, -0.15) is 40.3 Å². The van der Waals surface area contributed by atoms with Gasteiger partial charge in [-0.3, -0.25) is 0 Å². The summed E-state index contributed by atoms with van der Waals surface area (Å²) in [6, 6.07) is 37.9. The molecule has 5 nitrogen and oxygen atoms in total. The molecule has 0 fully saturated rings. The molecule has 0 radical (unpaired) electrons. The summed E-state index contributed by atoms with van der Waals surface area (Å²) >= 11 is 10.8. The number of hydrogen-bond acceptors (Lipinski definition) is 7. The van der Waals surface area contributed by atoms with Gasteiger partial charge in [0.15, 0.2) is 6.54 Å². The Bertz CT molecular complexity index is 2250. The number of thiol groups is 2. The van der Waals surface area contributed by atoms with Crippen molar-refractivity contribution >= 4 is 69.9 Å². The predicted octanol–water partition coefficient (Wildman–Crippen LogP) is 10.3. The summed E-state index contributed by atoms with van der Waals surface area (Å²) < 4.78 is 3.51. The molecule has 4 aromatic carbocycles. The number of nitrogens with zero attached hydrogens (tertiary/aromatic N) is 5. The van der Waals surface area contributed by atoms with E-state index in [0.717, 1.165) is 84.3 Å². The van der Waals surface area contributed by atoms with Gasteiger partial charge in [-0.25, -0.2) is 0 Å². The molecule has 0 spiro atoms. The van der Waals surface area contributed by atoms with Gasteiger partial charge >= 0.3 is 0 Å². The second-order valence-electron chi connectivity index (χ2n) is 12.9. The molecule has 1 aliphatic heterocycles. The lowest BCUT2D eigenvalue weighted by Crippen LogP contribution is -2.35. The molecule has 0 amide bonds. The molecule has 52 heavy (non-hydrogen) atoms. The number of aromatic nitrogens is 1. The van der Waals surface area contributed by atoms with E-state index < -0.39 is 0 Å². The van der Waals surface area contributed by atoms with Crippen LogP contribution in [-0.4, -0.2) is 18.1 Å². The van der Waals surface area contributed by atoms with Crippen molar-refractivity contribution in [3.05, 3.63) is 160 Å². The van der Waals surface area contributed by atoms with Crippen LogP contribution in [0, 0.1) is 22.7 Å². The van der Waals surface area contributed by atoms with Crippen molar-refractivity contribution in [1.29, 1.82) is 10.5 Å². The lowest BCUT2D eigenvalue weighted by atomic mass is 10.1. The zero-order chi connectivity index (χ0) is 35.9. The third-order valence-electron chi connectivity index (χ3n) is 9.59. The van der Waals surface area contributed by atoms with Crippen LogP contribution in [-0.2, 0) is 13.0 Å². The monoisotopic (exact) mass is 734 g/mol. The fourth-order valence-corrected chi connectivity index (χ4v) is 8.48. The molecule has 0 N–H and O–H groups in total. The molecule has 0 saturated carbocycles. The molecule has 2 heterocycles. The van der Waals surface area contributed by atoms with Gasteiger partial charge in [0, 0.05) is 54.3 Å². The first-order valence-corrected chi connectivity index (χ1v) is 19.8. The van der Waals surface area contributed by atoms with E-state index in [4.69, 9.17) is 0 Å². The lowest BCUT2D eigenvalue weighted by Gasteiger charge is -2.28. The van der Waals surface area contributed by atoms with Gasteiger partial charge in [0.1, 0.15) is 4.70 Å². The summed E-state index contributed by atoms with van der Waals surface area (Å²) in [5.74, 6) is 1.60. The van der Waals surface area contributed by atoms with E-state index >= 15 is 0 Å². The number of hydrogen-bond donors (Lipinski definition) is 2. The van der Waals surface area contributed by atoms with Gasteiger partial charge in [-0.1, -0.05) is 59.9 Å². The van der Waals surface area contributed by atoms with E-state index in [1.807, 2.05) is 24.3 Å². The summed E-state index contributed by atoms with van der Waals surface area (Å²) in [6.07, 6.45) is 13.7. The average molecular weight is 735 g/mol. The Labute approximate surface area is 321 Å². The molecule has 0 atom stereocenters. The number of rotatable bonds is 12. The minimum absolute atomic E-state index is 0.673. The van der Waals surface area contributed by atoms with E-state index in [9.17, 15) is 10.5 Å². The van der Waals surface area contributed by atoms with E-state index in [0.29, 0.717) is 11.1 Å². The molecule has 8 heteroatoms. The second-order valence-corrected chi connectivity index (χ2v) is 14.8. The SMILES string of the molecule is N#Cc1ccc2c(c1)N(CCCS)/C(=C/C=C1\CCC(/C=C/c3sc4ccc(C#N)cc4[n+]3CCCS)=C1N(c1ccccc1)c1ccccc1)C2. The van der Waals surface area contributed by atoms with E-state index in [-0.39, 0.29) is 0 Å². The van der Waals surface area contributed by atoms with Crippen LogP contribution >= 0.6 is 36.6 Å². The number of allylic oxidation sites excluding steroid dienone is 6. The smallest absolute Gasteiger partial charge is 0.262 e. The van der Waals surface area contributed by atoms with Gasteiger partial charge in [-0.15, -0.1) is 0 Å². The van der Waals surface area contributed by atoms with Gasteiger partial charge in [0.25, 0.3) is 5.01 Å². The second kappa shape index (κ2) is 16.6. The van der Waals surface area contributed by atoms with Crippen LogP contribution in [0.25, 0.3) is 16.3 Å². The van der Waals surface area contributed by atoms with Crippen molar-refractivity contribution < 1.29 is 4.57 Å². The van der Waals surface area contributed by atoms with Crippen molar-refractivity contribution in [2.45, 2.75) is 38.6 Å². The molecule has 0 unspecified atom stereocenters. The highest BCUT2D eigenvalue weighted by Gasteiger charge is 2.28. The average Bonchev–Trinajstić information content (AvgIpc) is 3.87. The highest BCUT2D eigenvalue weighted by molar-refractivity contribution is 7.80. The summed E-state index contributed by atoms with van der Waals surface area (Å²) in [5.41, 5.74) is 12.0. The molecule has 2 aliphatic rings. The fourth-order valence-electron chi connectivity index (χ4n) is 7.13. The first-order chi connectivity index (χ1) is 25.6. The number of aryl methyl sites for hydroxylation is 1. The quantitative estimate of drug-likeness (QED) is 0.0990.